The van der Waals surface area contributed by atoms with Crippen LogP contribution in [0.3, 0.4) is 0 Å². The quantitative estimate of drug-likeness (QED) is 0.820. The van der Waals surface area contributed by atoms with Crippen molar-refractivity contribution in [2.24, 2.45) is 5.92 Å². The standard InChI is InChI=1S/C21H29F2N5O/c1-13-14(2)19(29-3)7-6-15(13)10-27-8-4-5-16(11-27)17-9-18(20(22)23)28-21(26-17)24-12-25-28/h6-7,12,16-18,20H,4-5,8-11H2,1-3H3,(H,24,25,26)/t16?,17-,18+/m0/s1. The number of hydrogen-bond acceptors (Lipinski definition) is 5. The number of likely N-dealkylation sites (tertiary alicyclic amines) is 1. The highest BCUT2D eigenvalue weighted by Gasteiger charge is 2.38. The molecule has 6 nitrogen and oxygen atoms in total. The van der Waals surface area contributed by atoms with Gasteiger partial charge in [0.05, 0.1) is 7.11 Å². The molecule has 2 aliphatic rings. The SMILES string of the molecule is COc1ccc(CN2CCCC([C@@H]3C[C@H](C(F)F)n4ncnc4N3)C2)c(C)c1C. The van der Waals surface area contributed by atoms with Crippen LogP contribution in [0.5, 0.6) is 5.75 Å². The minimum absolute atomic E-state index is 0.00722. The van der Waals surface area contributed by atoms with Crippen molar-refractivity contribution in [1.29, 1.82) is 0 Å². The van der Waals surface area contributed by atoms with E-state index in [4.69, 9.17) is 4.74 Å². The average molecular weight is 405 g/mol. The van der Waals surface area contributed by atoms with Crippen molar-refractivity contribution in [3.8, 4) is 5.75 Å². The van der Waals surface area contributed by atoms with Gasteiger partial charge in [-0.15, -0.1) is 0 Å². The van der Waals surface area contributed by atoms with Gasteiger partial charge >= 0.3 is 0 Å². The van der Waals surface area contributed by atoms with Crippen LogP contribution in [0, 0.1) is 19.8 Å². The van der Waals surface area contributed by atoms with Gasteiger partial charge in [-0.25, -0.2) is 13.5 Å². The maximum atomic E-state index is 13.6. The molecule has 8 heteroatoms. The summed E-state index contributed by atoms with van der Waals surface area (Å²) in [5.74, 6) is 1.69. The molecule has 1 N–H and O–H groups in total. The molecule has 1 unspecified atom stereocenters. The number of benzene rings is 1. The molecule has 1 aromatic heterocycles. The van der Waals surface area contributed by atoms with Crippen molar-refractivity contribution < 1.29 is 13.5 Å². The molecule has 0 amide bonds. The predicted octanol–water partition coefficient (Wildman–Crippen LogP) is 3.81. The van der Waals surface area contributed by atoms with Crippen LogP contribution in [-0.4, -0.2) is 52.3 Å². The van der Waals surface area contributed by atoms with Crippen molar-refractivity contribution in [2.45, 2.75) is 58.2 Å². The minimum Gasteiger partial charge on any atom is -0.496 e. The van der Waals surface area contributed by atoms with Crippen LogP contribution >= 0.6 is 0 Å². The van der Waals surface area contributed by atoms with Crippen LogP contribution in [0.25, 0.3) is 0 Å². The highest BCUT2D eigenvalue weighted by atomic mass is 19.3. The third-order valence-electron chi connectivity index (χ3n) is 6.56. The molecular weight excluding hydrogens is 376 g/mol. The van der Waals surface area contributed by atoms with E-state index in [9.17, 15) is 8.78 Å². The Morgan fingerprint density at radius 3 is 2.86 bits per heavy atom. The molecule has 4 rings (SSSR count). The van der Waals surface area contributed by atoms with Gasteiger partial charge in [0, 0.05) is 19.1 Å². The van der Waals surface area contributed by atoms with Crippen LogP contribution in [0.1, 0.15) is 42.0 Å². The largest absolute Gasteiger partial charge is 0.496 e. The molecule has 0 radical (unpaired) electrons. The molecule has 1 aromatic carbocycles. The number of nitrogens with one attached hydrogen (secondary N) is 1. The summed E-state index contributed by atoms with van der Waals surface area (Å²) >= 11 is 0. The lowest BCUT2D eigenvalue weighted by molar-refractivity contribution is 0.0550. The van der Waals surface area contributed by atoms with E-state index in [-0.39, 0.29) is 6.04 Å². The number of rotatable bonds is 5. The number of fused-ring (bicyclic) bond motifs is 1. The summed E-state index contributed by atoms with van der Waals surface area (Å²) in [6.45, 7) is 7.02. The molecule has 0 spiro atoms. The molecule has 1 saturated heterocycles. The van der Waals surface area contributed by atoms with E-state index in [1.165, 1.54) is 27.7 Å². The Bertz CT molecular complexity index is 856. The normalized spacial score (nSPS) is 25.0. The molecule has 2 aromatic rings. The van der Waals surface area contributed by atoms with Crippen LogP contribution in [0.15, 0.2) is 18.5 Å². The summed E-state index contributed by atoms with van der Waals surface area (Å²) in [6.07, 6.45) is 1.40. The molecule has 0 aliphatic carbocycles. The van der Waals surface area contributed by atoms with Crippen LogP contribution in [-0.2, 0) is 6.54 Å². The van der Waals surface area contributed by atoms with Crippen LogP contribution in [0.4, 0.5) is 14.7 Å². The van der Waals surface area contributed by atoms with E-state index in [1.54, 1.807) is 7.11 Å². The van der Waals surface area contributed by atoms with Gasteiger partial charge in [-0.2, -0.15) is 10.1 Å². The Labute approximate surface area is 170 Å². The zero-order chi connectivity index (χ0) is 20.5. The summed E-state index contributed by atoms with van der Waals surface area (Å²) < 4.78 is 33.9. The molecule has 158 valence electrons. The maximum absolute atomic E-state index is 13.6. The molecule has 2 aliphatic heterocycles. The summed E-state index contributed by atoms with van der Waals surface area (Å²) in [6, 6.07) is 3.26. The highest BCUT2D eigenvalue weighted by molar-refractivity contribution is 5.43. The zero-order valence-electron chi connectivity index (χ0n) is 17.2. The number of halogens is 2. The lowest BCUT2D eigenvalue weighted by atomic mass is 9.86. The number of hydrogen-bond donors (Lipinski definition) is 1. The molecule has 29 heavy (non-hydrogen) atoms. The van der Waals surface area contributed by atoms with Crippen molar-refractivity contribution in [2.75, 3.05) is 25.5 Å². The average Bonchev–Trinajstić information content (AvgIpc) is 3.19. The van der Waals surface area contributed by atoms with Crippen LogP contribution in [0.2, 0.25) is 0 Å². The number of methoxy groups -OCH3 is 1. The Balaban J connectivity index is 1.46. The molecule has 3 heterocycles. The number of alkyl halides is 2. The number of nitrogens with zero attached hydrogens (tertiary/aromatic N) is 4. The monoisotopic (exact) mass is 405 g/mol. The number of aromatic nitrogens is 3. The van der Waals surface area contributed by atoms with Crippen LogP contribution < -0.4 is 10.1 Å². The van der Waals surface area contributed by atoms with E-state index in [0.29, 0.717) is 18.3 Å². The van der Waals surface area contributed by atoms with E-state index >= 15 is 0 Å². The second-order valence-corrected chi connectivity index (χ2v) is 8.23. The van der Waals surface area contributed by atoms with Crippen molar-refractivity contribution in [3.05, 3.63) is 35.2 Å². The number of ether oxygens (including phenoxy) is 1. The topological polar surface area (TPSA) is 55.2 Å². The summed E-state index contributed by atoms with van der Waals surface area (Å²) in [5.41, 5.74) is 3.73. The zero-order valence-corrected chi connectivity index (χ0v) is 17.2. The first kappa shape index (κ1) is 20.1. The van der Waals surface area contributed by atoms with Gasteiger partial charge in [-0.05, 0) is 68.3 Å². The molecule has 1 fully saturated rings. The minimum atomic E-state index is -2.44. The van der Waals surface area contributed by atoms with Gasteiger partial charge in [0.15, 0.2) is 0 Å². The third-order valence-corrected chi connectivity index (χ3v) is 6.56. The van der Waals surface area contributed by atoms with Gasteiger partial charge in [0.2, 0.25) is 5.95 Å². The first-order valence-electron chi connectivity index (χ1n) is 10.3. The lowest BCUT2D eigenvalue weighted by Crippen LogP contribution is -2.46. The third kappa shape index (κ3) is 3.95. The second-order valence-electron chi connectivity index (χ2n) is 8.23. The first-order valence-corrected chi connectivity index (χ1v) is 10.3. The maximum Gasteiger partial charge on any atom is 0.260 e. The summed E-state index contributed by atoms with van der Waals surface area (Å²) in [5, 5.41) is 7.35. The van der Waals surface area contributed by atoms with Crippen molar-refractivity contribution >= 4 is 5.95 Å². The smallest absolute Gasteiger partial charge is 0.260 e. The van der Waals surface area contributed by atoms with Crippen molar-refractivity contribution in [3.63, 3.8) is 0 Å². The van der Waals surface area contributed by atoms with E-state index in [1.807, 2.05) is 6.07 Å². The highest BCUT2D eigenvalue weighted by Crippen LogP contribution is 2.35. The lowest BCUT2D eigenvalue weighted by Gasteiger charge is -2.40. The fourth-order valence-corrected chi connectivity index (χ4v) is 4.75. The van der Waals surface area contributed by atoms with Gasteiger partial charge in [-0.1, -0.05) is 6.07 Å². The van der Waals surface area contributed by atoms with Gasteiger partial charge in [0.25, 0.3) is 6.43 Å². The Kier molecular flexibility index (Phi) is 5.72. The fourth-order valence-electron chi connectivity index (χ4n) is 4.75. The van der Waals surface area contributed by atoms with E-state index < -0.39 is 12.5 Å². The van der Waals surface area contributed by atoms with E-state index in [2.05, 4.69) is 40.2 Å². The molecular formula is C21H29F2N5O. The predicted molar refractivity (Wildman–Crippen MR) is 108 cm³/mol. The first-order chi connectivity index (χ1) is 14.0. The number of piperidine rings is 1. The Morgan fingerprint density at radius 2 is 2.10 bits per heavy atom. The Morgan fingerprint density at radius 1 is 1.28 bits per heavy atom. The molecule has 3 atom stereocenters. The van der Waals surface area contributed by atoms with Gasteiger partial charge < -0.3 is 10.1 Å². The fraction of sp³-hybridized carbons (Fsp3) is 0.619. The number of anilines is 1. The van der Waals surface area contributed by atoms with E-state index in [0.717, 1.165) is 38.2 Å². The Hall–Kier alpha value is -2.22. The van der Waals surface area contributed by atoms with Gasteiger partial charge in [0.1, 0.15) is 18.1 Å². The second kappa shape index (κ2) is 8.26. The molecule has 0 bridgehead atoms. The molecule has 0 saturated carbocycles. The van der Waals surface area contributed by atoms with Crippen molar-refractivity contribution in [1.82, 2.24) is 19.7 Å². The summed E-state index contributed by atoms with van der Waals surface area (Å²) in [4.78, 5) is 6.59. The van der Waals surface area contributed by atoms with Gasteiger partial charge in [-0.3, -0.25) is 4.90 Å². The summed E-state index contributed by atoms with van der Waals surface area (Å²) in [7, 11) is 1.70.